The molecule has 0 aliphatic carbocycles. The monoisotopic (exact) mass is 267 g/mol. The Bertz CT molecular complexity index is 371. The summed E-state index contributed by atoms with van der Waals surface area (Å²) in [6.07, 6.45) is 0.940. The highest BCUT2D eigenvalue weighted by Crippen LogP contribution is 2.39. The first-order valence-corrected chi connectivity index (χ1v) is 6.72. The highest BCUT2D eigenvalue weighted by Gasteiger charge is 2.16. The smallest absolute Gasteiger partial charge is 0.203 e. The van der Waals surface area contributed by atoms with Gasteiger partial charge in [-0.3, -0.25) is 0 Å². The first-order chi connectivity index (χ1) is 8.97. The maximum Gasteiger partial charge on any atom is 0.203 e. The second-order valence-electron chi connectivity index (χ2n) is 5.00. The molecule has 0 radical (unpaired) electrons. The van der Waals surface area contributed by atoms with Crippen molar-refractivity contribution in [3.63, 3.8) is 0 Å². The van der Waals surface area contributed by atoms with Crippen molar-refractivity contribution >= 4 is 0 Å². The van der Waals surface area contributed by atoms with E-state index in [4.69, 9.17) is 19.9 Å². The van der Waals surface area contributed by atoms with Crippen molar-refractivity contribution in [3.8, 4) is 17.2 Å². The number of nitrogens with two attached hydrogens (primary N) is 1. The molecule has 0 saturated carbocycles. The molecule has 4 heteroatoms. The highest BCUT2D eigenvalue weighted by molar-refractivity contribution is 5.54. The second-order valence-corrected chi connectivity index (χ2v) is 5.00. The van der Waals surface area contributed by atoms with E-state index < -0.39 is 0 Å². The minimum absolute atomic E-state index is 0.0777. The third-order valence-corrected chi connectivity index (χ3v) is 2.44. The van der Waals surface area contributed by atoms with Gasteiger partial charge in [0, 0.05) is 0 Å². The van der Waals surface area contributed by atoms with Crippen LogP contribution < -0.4 is 19.9 Å². The zero-order valence-electron chi connectivity index (χ0n) is 12.5. The van der Waals surface area contributed by atoms with Gasteiger partial charge in [0.05, 0.1) is 19.3 Å². The molecule has 0 heterocycles. The molecule has 0 aromatic heterocycles. The molecule has 0 fully saturated rings. The summed E-state index contributed by atoms with van der Waals surface area (Å²) in [6.45, 7) is 8.53. The van der Waals surface area contributed by atoms with Crippen LogP contribution >= 0.6 is 0 Å². The fraction of sp³-hybridized carbons (Fsp3) is 0.600. The first-order valence-electron chi connectivity index (χ1n) is 6.72. The zero-order valence-corrected chi connectivity index (χ0v) is 12.5. The van der Waals surface area contributed by atoms with E-state index in [9.17, 15) is 0 Å². The average molecular weight is 267 g/mol. The maximum absolute atomic E-state index is 5.80. The standard InChI is InChI=1S/C15H25NO3/c1-10(2)18-13-8-12(6-7-16)9-14(15(13)17-5)19-11(3)4/h8-11H,6-7,16H2,1-5H3. The molecular weight excluding hydrogens is 242 g/mol. The van der Waals surface area contributed by atoms with Gasteiger partial charge < -0.3 is 19.9 Å². The lowest BCUT2D eigenvalue weighted by Gasteiger charge is -2.19. The van der Waals surface area contributed by atoms with Gasteiger partial charge in [0.1, 0.15) is 0 Å². The summed E-state index contributed by atoms with van der Waals surface area (Å²) in [4.78, 5) is 0. The number of benzene rings is 1. The molecule has 0 saturated heterocycles. The molecule has 0 amide bonds. The largest absolute Gasteiger partial charge is 0.490 e. The van der Waals surface area contributed by atoms with Gasteiger partial charge in [0.2, 0.25) is 5.75 Å². The Morgan fingerprint density at radius 2 is 1.47 bits per heavy atom. The molecule has 1 aromatic carbocycles. The fourth-order valence-electron chi connectivity index (χ4n) is 1.83. The molecule has 2 N–H and O–H groups in total. The van der Waals surface area contributed by atoms with Gasteiger partial charge in [-0.2, -0.15) is 0 Å². The molecule has 0 bridgehead atoms. The summed E-state index contributed by atoms with van der Waals surface area (Å²) in [7, 11) is 1.62. The van der Waals surface area contributed by atoms with Crippen molar-refractivity contribution in [2.45, 2.75) is 46.3 Å². The first kappa shape index (κ1) is 15.6. The van der Waals surface area contributed by atoms with Gasteiger partial charge >= 0.3 is 0 Å². The molecule has 0 aliphatic heterocycles. The van der Waals surface area contributed by atoms with Crippen molar-refractivity contribution in [2.24, 2.45) is 5.73 Å². The highest BCUT2D eigenvalue weighted by atomic mass is 16.5. The van der Waals surface area contributed by atoms with Gasteiger partial charge in [0.15, 0.2) is 11.5 Å². The second kappa shape index (κ2) is 7.24. The summed E-state index contributed by atoms with van der Waals surface area (Å²) in [5.41, 5.74) is 6.71. The normalized spacial score (nSPS) is 10.9. The molecular formula is C15H25NO3. The van der Waals surface area contributed by atoms with Gasteiger partial charge in [-0.05, 0) is 58.4 Å². The van der Waals surface area contributed by atoms with Crippen molar-refractivity contribution in [1.82, 2.24) is 0 Å². The van der Waals surface area contributed by atoms with Gasteiger partial charge in [-0.15, -0.1) is 0 Å². The van der Waals surface area contributed by atoms with E-state index in [2.05, 4.69) is 0 Å². The number of hydrogen-bond donors (Lipinski definition) is 1. The Labute approximate surface area is 115 Å². The van der Waals surface area contributed by atoms with Gasteiger partial charge in [0.25, 0.3) is 0 Å². The Kier molecular flexibility index (Phi) is 5.96. The van der Waals surface area contributed by atoms with Crippen LogP contribution in [-0.4, -0.2) is 25.9 Å². The fourth-order valence-corrected chi connectivity index (χ4v) is 1.83. The van der Waals surface area contributed by atoms with E-state index in [0.717, 1.165) is 12.0 Å². The predicted octanol–water partition coefficient (Wildman–Crippen LogP) is 2.77. The third-order valence-electron chi connectivity index (χ3n) is 2.44. The average Bonchev–Trinajstić information content (AvgIpc) is 2.27. The summed E-state index contributed by atoms with van der Waals surface area (Å²) < 4.78 is 17.0. The molecule has 0 unspecified atom stereocenters. The topological polar surface area (TPSA) is 53.7 Å². The summed E-state index contributed by atoms with van der Waals surface area (Å²) >= 11 is 0. The Balaban J connectivity index is 3.20. The predicted molar refractivity (Wildman–Crippen MR) is 77.3 cm³/mol. The Morgan fingerprint density at radius 3 is 1.79 bits per heavy atom. The van der Waals surface area contributed by atoms with Crippen LogP contribution in [0.1, 0.15) is 33.3 Å². The summed E-state index contributed by atoms with van der Waals surface area (Å²) in [5, 5.41) is 0. The number of rotatable bonds is 7. The third kappa shape index (κ3) is 4.63. The van der Waals surface area contributed by atoms with Crippen LogP contribution in [0.4, 0.5) is 0 Å². The van der Waals surface area contributed by atoms with Crippen LogP contribution in [0.2, 0.25) is 0 Å². The maximum atomic E-state index is 5.80. The number of hydrogen-bond acceptors (Lipinski definition) is 4. The molecule has 1 aromatic rings. The van der Waals surface area contributed by atoms with Crippen LogP contribution in [0, 0.1) is 0 Å². The van der Waals surface area contributed by atoms with Crippen LogP contribution in [0.3, 0.4) is 0 Å². The van der Waals surface area contributed by atoms with Crippen LogP contribution in [0.25, 0.3) is 0 Å². The van der Waals surface area contributed by atoms with E-state index in [1.165, 1.54) is 0 Å². The lowest BCUT2D eigenvalue weighted by Crippen LogP contribution is -2.11. The van der Waals surface area contributed by atoms with Crippen LogP contribution in [-0.2, 0) is 6.42 Å². The van der Waals surface area contributed by atoms with E-state index in [-0.39, 0.29) is 12.2 Å². The van der Waals surface area contributed by atoms with Gasteiger partial charge in [-0.25, -0.2) is 0 Å². The molecule has 4 nitrogen and oxygen atoms in total. The van der Waals surface area contributed by atoms with Crippen LogP contribution in [0.15, 0.2) is 12.1 Å². The summed E-state index contributed by atoms with van der Waals surface area (Å²) in [5.74, 6) is 2.06. The molecule has 1 rings (SSSR count). The molecule has 0 spiro atoms. The summed E-state index contributed by atoms with van der Waals surface area (Å²) in [6, 6.07) is 3.94. The van der Waals surface area contributed by atoms with Crippen molar-refractivity contribution in [2.75, 3.05) is 13.7 Å². The minimum Gasteiger partial charge on any atom is -0.490 e. The minimum atomic E-state index is 0.0777. The van der Waals surface area contributed by atoms with Gasteiger partial charge in [-0.1, -0.05) is 0 Å². The SMILES string of the molecule is COc1c(OC(C)C)cc(CCN)cc1OC(C)C. The molecule has 108 valence electrons. The van der Waals surface area contributed by atoms with E-state index in [1.54, 1.807) is 7.11 Å². The Hall–Kier alpha value is -1.42. The van der Waals surface area contributed by atoms with Crippen molar-refractivity contribution < 1.29 is 14.2 Å². The molecule has 0 aliphatic rings. The molecule has 19 heavy (non-hydrogen) atoms. The van der Waals surface area contributed by atoms with Crippen LogP contribution in [0.5, 0.6) is 17.2 Å². The Morgan fingerprint density at radius 1 is 1.00 bits per heavy atom. The molecule has 0 atom stereocenters. The zero-order chi connectivity index (χ0) is 14.4. The van der Waals surface area contributed by atoms with E-state index >= 15 is 0 Å². The number of ether oxygens (including phenoxy) is 3. The van der Waals surface area contributed by atoms with Crippen molar-refractivity contribution in [1.29, 1.82) is 0 Å². The lowest BCUT2D eigenvalue weighted by molar-refractivity contribution is 0.208. The quantitative estimate of drug-likeness (QED) is 0.825. The lowest BCUT2D eigenvalue weighted by atomic mass is 10.1. The number of methoxy groups -OCH3 is 1. The van der Waals surface area contributed by atoms with Crippen molar-refractivity contribution in [3.05, 3.63) is 17.7 Å². The van der Waals surface area contributed by atoms with E-state index in [1.807, 2.05) is 39.8 Å². The van der Waals surface area contributed by atoms with E-state index in [0.29, 0.717) is 23.8 Å².